The summed E-state index contributed by atoms with van der Waals surface area (Å²) in [6, 6.07) is 13.6. The van der Waals surface area contributed by atoms with Crippen LogP contribution in [0.1, 0.15) is 11.1 Å². The third-order valence-corrected chi connectivity index (χ3v) is 5.26. The largest absolute Gasteiger partial charge is 0.454 e. The Labute approximate surface area is 163 Å². The van der Waals surface area contributed by atoms with Crippen molar-refractivity contribution in [2.45, 2.75) is 13.1 Å². The Morgan fingerprint density at radius 3 is 2.63 bits per heavy atom. The van der Waals surface area contributed by atoms with Crippen molar-refractivity contribution in [3.63, 3.8) is 0 Å². The molecular formula is C20H22ClN3O3. The predicted molar refractivity (Wildman–Crippen MR) is 103 cm³/mol. The van der Waals surface area contributed by atoms with Gasteiger partial charge in [-0.1, -0.05) is 35.9 Å². The number of carbonyl (C=O) groups is 1. The van der Waals surface area contributed by atoms with E-state index in [1.807, 2.05) is 41.3 Å². The van der Waals surface area contributed by atoms with Crippen molar-refractivity contribution >= 4 is 17.6 Å². The van der Waals surface area contributed by atoms with Gasteiger partial charge in [-0.05, 0) is 29.3 Å². The van der Waals surface area contributed by atoms with Gasteiger partial charge in [0.25, 0.3) is 0 Å². The van der Waals surface area contributed by atoms with E-state index >= 15 is 0 Å². The Hall–Kier alpha value is -2.44. The van der Waals surface area contributed by atoms with E-state index in [0.717, 1.165) is 36.7 Å². The van der Waals surface area contributed by atoms with Gasteiger partial charge in [-0.25, -0.2) is 4.79 Å². The molecule has 6 nitrogen and oxygen atoms in total. The SMILES string of the molecule is O=C(NCc1ccccc1Cl)N1CCN(Cc2ccc3c(c2)OCO3)CC1. The van der Waals surface area contributed by atoms with Crippen LogP contribution in [-0.4, -0.2) is 48.8 Å². The van der Waals surface area contributed by atoms with Gasteiger partial charge >= 0.3 is 6.03 Å². The zero-order chi connectivity index (χ0) is 18.6. The molecule has 0 unspecified atom stereocenters. The number of fused-ring (bicyclic) bond motifs is 1. The summed E-state index contributed by atoms with van der Waals surface area (Å²) in [7, 11) is 0. The van der Waals surface area contributed by atoms with Crippen LogP contribution in [0.4, 0.5) is 4.79 Å². The first kappa shape index (κ1) is 17.9. The molecule has 1 N–H and O–H groups in total. The third-order valence-electron chi connectivity index (χ3n) is 4.89. The molecule has 1 fully saturated rings. The summed E-state index contributed by atoms with van der Waals surface area (Å²) in [4.78, 5) is 16.6. The molecule has 2 aromatic rings. The van der Waals surface area contributed by atoms with Crippen molar-refractivity contribution in [3.8, 4) is 11.5 Å². The van der Waals surface area contributed by atoms with E-state index in [1.165, 1.54) is 5.56 Å². The lowest BCUT2D eigenvalue weighted by atomic mass is 10.1. The van der Waals surface area contributed by atoms with E-state index in [0.29, 0.717) is 31.4 Å². The molecule has 142 valence electrons. The molecule has 2 amide bonds. The molecule has 0 aliphatic carbocycles. The molecule has 7 heteroatoms. The van der Waals surface area contributed by atoms with Gasteiger partial charge in [0.2, 0.25) is 6.79 Å². The quantitative estimate of drug-likeness (QED) is 0.875. The molecular weight excluding hydrogens is 366 g/mol. The summed E-state index contributed by atoms with van der Waals surface area (Å²) in [5.41, 5.74) is 2.12. The smallest absolute Gasteiger partial charge is 0.317 e. The molecule has 2 heterocycles. The highest BCUT2D eigenvalue weighted by atomic mass is 35.5. The number of hydrogen-bond donors (Lipinski definition) is 1. The summed E-state index contributed by atoms with van der Waals surface area (Å²) >= 11 is 6.14. The monoisotopic (exact) mass is 387 g/mol. The van der Waals surface area contributed by atoms with Crippen LogP contribution >= 0.6 is 11.6 Å². The number of halogens is 1. The fourth-order valence-corrected chi connectivity index (χ4v) is 3.53. The van der Waals surface area contributed by atoms with Gasteiger partial charge in [0.15, 0.2) is 11.5 Å². The minimum atomic E-state index is -0.0438. The van der Waals surface area contributed by atoms with Crippen LogP contribution in [0.2, 0.25) is 5.02 Å². The van der Waals surface area contributed by atoms with Crippen LogP contribution in [0.15, 0.2) is 42.5 Å². The lowest BCUT2D eigenvalue weighted by molar-refractivity contribution is 0.135. The number of amides is 2. The standard InChI is InChI=1S/C20H22ClN3O3/c21-17-4-2-1-3-16(17)12-22-20(25)24-9-7-23(8-10-24)13-15-5-6-18-19(11-15)27-14-26-18/h1-6,11H,7-10,12-14H2,(H,22,25). The zero-order valence-electron chi connectivity index (χ0n) is 15.0. The van der Waals surface area contributed by atoms with Gasteiger partial charge < -0.3 is 19.7 Å². The summed E-state index contributed by atoms with van der Waals surface area (Å²) < 4.78 is 10.8. The number of hydrogen-bond acceptors (Lipinski definition) is 4. The molecule has 0 radical (unpaired) electrons. The van der Waals surface area contributed by atoms with Crippen molar-refractivity contribution in [2.24, 2.45) is 0 Å². The van der Waals surface area contributed by atoms with Gasteiger partial charge in [0.05, 0.1) is 0 Å². The van der Waals surface area contributed by atoms with Gasteiger partial charge in [0.1, 0.15) is 0 Å². The second-order valence-corrected chi connectivity index (χ2v) is 7.11. The van der Waals surface area contributed by atoms with Crippen LogP contribution < -0.4 is 14.8 Å². The van der Waals surface area contributed by atoms with Crippen LogP contribution in [0.5, 0.6) is 11.5 Å². The highest BCUT2D eigenvalue weighted by molar-refractivity contribution is 6.31. The van der Waals surface area contributed by atoms with Gasteiger partial charge in [0, 0.05) is 44.3 Å². The summed E-state index contributed by atoms with van der Waals surface area (Å²) in [5.74, 6) is 1.61. The second-order valence-electron chi connectivity index (χ2n) is 6.70. The van der Waals surface area contributed by atoms with Crippen molar-refractivity contribution in [3.05, 3.63) is 58.6 Å². The number of rotatable bonds is 4. The Balaban J connectivity index is 1.25. The summed E-state index contributed by atoms with van der Waals surface area (Å²) in [6.07, 6.45) is 0. The molecule has 0 bridgehead atoms. The zero-order valence-corrected chi connectivity index (χ0v) is 15.7. The maximum Gasteiger partial charge on any atom is 0.317 e. The van der Waals surface area contributed by atoms with Crippen LogP contribution in [0, 0.1) is 0 Å². The van der Waals surface area contributed by atoms with E-state index < -0.39 is 0 Å². The maximum absolute atomic E-state index is 12.4. The first-order valence-corrected chi connectivity index (χ1v) is 9.44. The molecule has 2 aliphatic heterocycles. The molecule has 4 rings (SSSR count). The fourth-order valence-electron chi connectivity index (χ4n) is 3.33. The number of ether oxygens (including phenoxy) is 2. The van der Waals surface area contributed by atoms with E-state index in [2.05, 4.69) is 16.3 Å². The molecule has 0 aromatic heterocycles. The Morgan fingerprint density at radius 1 is 1.04 bits per heavy atom. The third kappa shape index (κ3) is 4.28. The molecule has 2 aliphatic rings. The van der Waals surface area contributed by atoms with E-state index in [4.69, 9.17) is 21.1 Å². The van der Waals surface area contributed by atoms with E-state index in [9.17, 15) is 4.79 Å². The van der Waals surface area contributed by atoms with Crippen LogP contribution in [-0.2, 0) is 13.1 Å². The Morgan fingerprint density at radius 2 is 1.81 bits per heavy atom. The molecule has 0 saturated carbocycles. The van der Waals surface area contributed by atoms with Gasteiger partial charge in [-0.2, -0.15) is 0 Å². The molecule has 27 heavy (non-hydrogen) atoms. The Bertz CT molecular complexity index is 822. The average Bonchev–Trinajstić information content (AvgIpc) is 3.15. The highest BCUT2D eigenvalue weighted by Crippen LogP contribution is 2.32. The van der Waals surface area contributed by atoms with Crippen LogP contribution in [0.3, 0.4) is 0 Å². The fraction of sp³-hybridized carbons (Fsp3) is 0.350. The van der Waals surface area contributed by atoms with Gasteiger partial charge in [-0.3, -0.25) is 4.90 Å². The minimum absolute atomic E-state index is 0.0438. The predicted octanol–water partition coefficient (Wildman–Crippen LogP) is 3.10. The first-order chi connectivity index (χ1) is 13.2. The molecule has 0 spiro atoms. The van der Waals surface area contributed by atoms with E-state index in [-0.39, 0.29) is 6.03 Å². The second kappa shape index (κ2) is 8.06. The normalized spacial score (nSPS) is 16.4. The number of nitrogens with zero attached hydrogens (tertiary/aromatic N) is 2. The number of urea groups is 1. The molecule has 2 aromatic carbocycles. The molecule has 1 saturated heterocycles. The van der Waals surface area contributed by atoms with Crippen molar-refractivity contribution < 1.29 is 14.3 Å². The first-order valence-electron chi connectivity index (χ1n) is 9.06. The lowest BCUT2D eigenvalue weighted by Crippen LogP contribution is -2.51. The van der Waals surface area contributed by atoms with Crippen molar-refractivity contribution in [2.75, 3.05) is 33.0 Å². The van der Waals surface area contributed by atoms with Crippen molar-refractivity contribution in [1.82, 2.24) is 15.1 Å². The maximum atomic E-state index is 12.4. The number of benzene rings is 2. The van der Waals surface area contributed by atoms with E-state index in [1.54, 1.807) is 0 Å². The Kier molecular flexibility index (Phi) is 5.36. The topological polar surface area (TPSA) is 54.0 Å². The number of nitrogens with one attached hydrogen (secondary N) is 1. The lowest BCUT2D eigenvalue weighted by Gasteiger charge is -2.34. The molecule has 0 atom stereocenters. The van der Waals surface area contributed by atoms with Crippen LogP contribution in [0.25, 0.3) is 0 Å². The summed E-state index contributed by atoms with van der Waals surface area (Å²) in [5, 5.41) is 3.63. The number of piperazine rings is 1. The number of carbonyl (C=O) groups excluding carboxylic acids is 1. The average molecular weight is 388 g/mol. The van der Waals surface area contributed by atoms with Crippen molar-refractivity contribution in [1.29, 1.82) is 0 Å². The summed E-state index contributed by atoms with van der Waals surface area (Å²) in [6.45, 7) is 4.67. The van der Waals surface area contributed by atoms with Gasteiger partial charge in [-0.15, -0.1) is 0 Å². The minimum Gasteiger partial charge on any atom is -0.454 e. The highest BCUT2D eigenvalue weighted by Gasteiger charge is 2.22.